The Kier molecular flexibility index (Phi) is 3.14. The van der Waals surface area contributed by atoms with Gasteiger partial charge in [-0.05, 0) is 12.1 Å². The second kappa shape index (κ2) is 4.75. The van der Waals surface area contributed by atoms with Crippen LogP contribution in [0.1, 0.15) is 15.9 Å². The number of rotatable bonds is 3. The van der Waals surface area contributed by atoms with Crippen molar-refractivity contribution in [2.75, 3.05) is 0 Å². The van der Waals surface area contributed by atoms with Crippen LogP contribution in [0, 0.1) is 15.9 Å². The molecule has 0 unspecified atom stereocenters. The maximum absolute atomic E-state index is 13.0. The first-order valence-electron chi connectivity index (χ1n) is 5.12. The molecule has 0 saturated carbocycles. The first-order valence-corrected chi connectivity index (χ1v) is 5.12. The molecule has 0 fully saturated rings. The Morgan fingerprint density at radius 2 is 1.67 bits per heavy atom. The Bertz CT molecular complexity index is 625. The number of halogens is 1. The summed E-state index contributed by atoms with van der Waals surface area (Å²) < 4.78 is 13.0. The van der Waals surface area contributed by atoms with Gasteiger partial charge in [-0.3, -0.25) is 14.9 Å². The highest BCUT2D eigenvalue weighted by atomic mass is 19.1. The molecule has 0 aromatic heterocycles. The lowest BCUT2D eigenvalue weighted by Gasteiger charge is -2.01. The Balaban J connectivity index is 2.40. The van der Waals surface area contributed by atoms with E-state index in [4.69, 9.17) is 0 Å². The zero-order valence-electron chi connectivity index (χ0n) is 9.17. The number of hydrogen-bond acceptors (Lipinski definition) is 3. The van der Waals surface area contributed by atoms with Crippen LogP contribution in [0.25, 0.3) is 0 Å². The lowest BCUT2D eigenvalue weighted by molar-refractivity contribution is -0.384. The second-order valence-corrected chi connectivity index (χ2v) is 3.65. The monoisotopic (exact) mass is 245 g/mol. The largest absolute Gasteiger partial charge is 0.289 e. The average Bonchev–Trinajstić information content (AvgIpc) is 2.38. The number of nitro groups is 1. The molecule has 0 aliphatic heterocycles. The normalized spacial score (nSPS) is 10.1. The van der Waals surface area contributed by atoms with Crippen LogP contribution in [0.3, 0.4) is 0 Å². The summed E-state index contributed by atoms with van der Waals surface area (Å²) in [6, 6.07) is 10.6. The van der Waals surface area contributed by atoms with E-state index in [1.165, 1.54) is 42.5 Å². The molecule has 0 bridgehead atoms. The molecular weight excluding hydrogens is 237 g/mol. The van der Waals surface area contributed by atoms with Crippen molar-refractivity contribution >= 4 is 11.5 Å². The first-order chi connectivity index (χ1) is 8.58. The Hall–Kier alpha value is -2.56. The van der Waals surface area contributed by atoms with Crippen molar-refractivity contribution in [3.8, 4) is 0 Å². The van der Waals surface area contributed by atoms with Crippen LogP contribution in [0.15, 0.2) is 48.5 Å². The van der Waals surface area contributed by atoms with Gasteiger partial charge in [-0.25, -0.2) is 4.39 Å². The van der Waals surface area contributed by atoms with Crippen molar-refractivity contribution in [3.63, 3.8) is 0 Å². The summed E-state index contributed by atoms with van der Waals surface area (Å²) in [5.41, 5.74) is 0.155. The van der Waals surface area contributed by atoms with Gasteiger partial charge >= 0.3 is 0 Å². The fourth-order valence-electron chi connectivity index (χ4n) is 1.56. The zero-order chi connectivity index (χ0) is 13.1. The molecular formula is C13H8FNO3. The maximum Gasteiger partial charge on any atom is 0.270 e. The zero-order valence-corrected chi connectivity index (χ0v) is 9.17. The van der Waals surface area contributed by atoms with Crippen molar-refractivity contribution in [3.05, 3.63) is 75.6 Å². The van der Waals surface area contributed by atoms with Gasteiger partial charge in [0.15, 0.2) is 5.78 Å². The van der Waals surface area contributed by atoms with Crippen LogP contribution in [0.2, 0.25) is 0 Å². The highest BCUT2D eigenvalue weighted by Crippen LogP contribution is 2.17. The van der Waals surface area contributed by atoms with Crippen LogP contribution in [0.5, 0.6) is 0 Å². The molecule has 18 heavy (non-hydrogen) atoms. The van der Waals surface area contributed by atoms with Crippen molar-refractivity contribution < 1.29 is 14.1 Å². The molecule has 90 valence electrons. The van der Waals surface area contributed by atoms with Crippen molar-refractivity contribution in [1.82, 2.24) is 0 Å². The van der Waals surface area contributed by atoms with E-state index in [2.05, 4.69) is 0 Å². The SMILES string of the molecule is O=C(c1cccc(F)c1)c1cccc([N+](=O)[O-])c1. The minimum absolute atomic E-state index is 0.162. The minimum atomic E-state index is -0.581. The molecule has 2 aromatic rings. The minimum Gasteiger partial charge on any atom is -0.289 e. The number of carbonyl (C=O) groups excluding carboxylic acids is 1. The van der Waals surface area contributed by atoms with E-state index in [1.54, 1.807) is 0 Å². The van der Waals surface area contributed by atoms with Crippen molar-refractivity contribution in [2.45, 2.75) is 0 Å². The lowest BCUT2D eigenvalue weighted by Crippen LogP contribution is -2.02. The summed E-state index contributed by atoms with van der Waals surface area (Å²) in [5.74, 6) is -0.968. The molecule has 4 nitrogen and oxygen atoms in total. The van der Waals surface area contributed by atoms with Gasteiger partial charge in [0.2, 0.25) is 0 Å². The van der Waals surface area contributed by atoms with Crippen molar-refractivity contribution in [2.24, 2.45) is 0 Å². The molecule has 0 amide bonds. The number of non-ortho nitro benzene ring substituents is 1. The molecule has 0 saturated heterocycles. The molecule has 5 heteroatoms. The van der Waals surface area contributed by atoms with E-state index in [0.29, 0.717) is 0 Å². The smallest absolute Gasteiger partial charge is 0.270 e. The van der Waals surface area contributed by atoms with Crippen LogP contribution in [0.4, 0.5) is 10.1 Å². The third kappa shape index (κ3) is 2.40. The fraction of sp³-hybridized carbons (Fsp3) is 0. The molecule has 0 heterocycles. The Morgan fingerprint density at radius 3 is 2.28 bits per heavy atom. The molecule has 0 N–H and O–H groups in total. The predicted molar refractivity (Wildman–Crippen MR) is 62.9 cm³/mol. The highest BCUT2D eigenvalue weighted by molar-refractivity contribution is 6.09. The first kappa shape index (κ1) is 11.9. The molecule has 0 aliphatic rings. The standard InChI is InChI=1S/C13H8FNO3/c14-11-5-1-3-9(7-11)13(16)10-4-2-6-12(8-10)15(17)18/h1-8H. The summed E-state index contributed by atoms with van der Waals surface area (Å²) in [5, 5.41) is 10.6. The molecule has 2 rings (SSSR count). The molecule has 2 aromatic carbocycles. The van der Waals surface area contributed by atoms with E-state index in [0.717, 1.165) is 6.07 Å². The van der Waals surface area contributed by atoms with E-state index < -0.39 is 16.5 Å². The van der Waals surface area contributed by atoms with Gasteiger partial charge in [0.25, 0.3) is 5.69 Å². The third-order valence-corrected chi connectivity index (χ3v) is 2.41. The Labute approximate surface area is 102 Å². The molecule has 0 radical (unpaired) electrons. The van der Waals surface area contributed by atoms with E-state index in [9.17, 15) is 19.3 Å². The van der Waals surface area contributed by atoms with Crippen molar-refractivity contribution in [1.29, 1.82) is 0 Å². The van der Waals surface area contributed by atoms with E-state index in [-0.39, 0.29) is 16.8 Å². The van der Waals surface area contributed by atoms with Crippen LogP contribution in [-0.4, -0.2) is 10.7 Å². The number of hydrogen-bond donors (Lipinski definition) is 0. The molecule has 0 spiro atoms. The van der Waals surface area contributed by atoms with Crippen LogP contribution < -0.4 is 0 Å². The fourth-order valence-corrected chi connectivity index (χ4v) is 1.56. The average molecular weight is 245 g/mol. The van der Waals surface area contributed by atoms with Gasteiger partial charge < -0.3 is 0 Å². The summed E-state index contributed by atoms with van der Waals surface area (Å²) >= 11 is 0. The van der Waals surface area contributed by atoms with Gasteiger partial charge in [0.1, 0.15) is 5.82 Å². The van der Waals surface area contributed by atoms with Gasteiger partial charge in [-0.15, -0.1) is 0 Å². The topological polar surface area (TPSA) is 60.2 Å². The number of benzene rings is 2. The van der Waals surface area contributed by atoms with Crippen LogP contribution >= 0.6 is 0 Å². The predicted octanol–water partition coefficient (Wildman–Crippen LogP) is 2.96. The summed E-state index contributed by atoms with van der Waals surface area (Å²) in [7, 11) is 0. The van der Waals surface area contributed by atoms with Crippen LogP contribution in [-0.2, 0) is 0 Å². The maximum atomic E-state index is 13.0. The highest BCUT2D eigenvalue weighted by Gasteiger charge is 2.13. The number of nitro benzene ring substituents is 1. The number of carbonyl (C=O) groups is 1. The number of ketones is 1. The quantitative estimate of drug-likeness (QED) is 0.474. The lowest BCUT2D eigenvalue weighted by atomic mass is 10.0. The summed E-state index contributed by atoms with van der Waals surface area (Å²) in [6.45, 7) is 0. The summed E-state index contributed by atoms with van der Waals surface area (Å²) in [6.07, 6.45) is 0. The molecule has 0 atom stereocenters. The summed E-state index contributed by atoms with van der Waals surface area (Å²) in [4.78, 5) is 22.0. The third-order valence-electron chi connectivity index (χ3n) is 2.41. The number of nitrogens with zero attached hydrogens (tertiary/aromatic N) is 1. The van der Waals surface area contributed by atoms with Gasteiger partial charge in [-0.2, -0.15) is 0 Å². The second-order valence-electron chi connectivity index (χ2n) is 3.65. The van der Waals surface area contributed by atoms with Gasteiger partial charge in [0.05, 0.1) is 4.92 Å². The molecule has 0 aliphatic carbocycles. The van der Waals surface area contributed by atoms with Gasteiger partial charge in [0, 0.05) is 23.3 Å². The van der Waals surface area contributed by atoms with E-state index >= 15 is 0 Å². The van der Waals surface area contributed by atoms with Gasteiger partial charge in [-0.1, -0.05) is 24.3 Å². The Morgan fingerprint density at radius 1 is 1.06 bits per heavy atom. The van der Waals surface area contributed by atoms with E-state index in [1.807, 2.05) is 0 Å².